The Balaban J connectivity index is 2.00. The van der Waals surface area contributed by atoms with Crippen molar-refractivity contribution in [3.05, 3.63) is 23.3 Å². The lowest BCUT2D eigenvalue weighted by Gasteiger charge is -2.44. The van der Waals surface area contributed by atoms with Crippen LogP contribution in [0.5, 0.6) is 5.75 Å². The molecule has 1 N–H and O–H groups in total. The first-order valence-corrected chi connectivity index (χ1v) is 13.4. The van der Waals surface area contributed by atoms with E-state index in [2.05, 4.69) is 54.9 Å². The molecule has 0 unspecified atom stereocenters. The highest BCUT2D eigenvalue weighted by Gasteiger charge is 2.32. The average Bonchev–Trinajstić information content (AvgIpc) is 2.75. The second-order valence-corrected chi connectivity index (χ2v) is 12.2. The summed E-state index contributed by atoms with van der Waals surface area (Å²) >= 11 is 0. The Hall–Kier alpha value is -2.32. The van der Waals surface area contributed by atoms with Gasteiger partial charge in [0.05, 0.1) is 13.7 Å². The van der Waals surface area contributed by atoms with Crippen molar-refractivity contribution in [2.75, 3.05) is 45.2 Å². The highest BCUT2D eigenvalue weighted by atomic mass is 16.6. The minimum absolute atomic E-state index is 0.174. The van der Waals surface area contributed by atoms with Crippen LogP contribution in [0.25, 0.3) is 0 Å². The van der Waals surface area contributed by atoms with Crippen LogP contribution in [0.2, 0.25) is 0 Å². The number of hydrogen-bond acceptors (Lipinski definition) is 8. The molecule has 1 aliphatic heterocycles. The third-order valence-electron chi connectivity index (χ3n) is 6.70. The molecule has 1 saturated heterocycles. The SMILES string of the molecule is COC(=O)C(C)(C)Nc1cc(C(C)C)c(OCCN2C[C@@H](C)N(CC(=O)OC(C)(C)C)[C@@H](C)C2)cc1C. The molecule has 1 aliphatic rings. The van der Waals surface area contributed by atoms with Gasteiger partial charge in [-0.1, -0.05) is 13.8 Å². The number of hydrogen-bond donors (Lipinski definition) is 1. The molecule has 0 aromatic heterocycles. The number of carbonyl (C=O) groups is 2. The third kappa shape index (κ3) is 8.88. The number of anilines is 1. The van der Waals surface area contributed by atoms with Crippen LogP contribution in [0.4, 0.5) is 5.69 Å². The van der Waals surface area contributed by atoms with E-state index in [9.17, 15) is 9.59 Å². The summed E-state index contributed by atoms with van der Waals surface area (Å²) in [6, 6.07) is 4.62. The van der Waals surface area contributed by atoms with Gasteiger partial charge in [-0.05, 0) is 84.6 Å². The van der Waals surface area contributed by atoms with Gasteiger partial charge in [0.25, 0.3) is 0 Å². The summed E-state index contributed by atoms with van der Waals surface area (Å²) in [5.74, 6) is 0.646. The minimum atomic E-state index is -0.838. The van der Waals surface area contributed by atoms with Crippen LogP contribution < -0.4 is 10.1 Å². The lowest BCUT2D eigenvalue weighted by Crippen LogP contribution is -2.58. The molecule has 37 heavy (non-hydrogen) atoms. The van der Waals surface area contributed by atoms with Gasteiger partial charge < -0.3 is 19.5 Å². The molecule has 1 heterocycles. The number of benzene rings is 1. The third-order valence-corrected chi connectivity index (χ3v) is 6.70. The highest BCUT2D eigenvalue weighted by molar-refractivity contribution is 5.84. The molecular weight excluding hydrogens is 470 g/mol. The average molecular weight is 520 g/mol. The van der Waals surface area contributed by atoms with E-state index in [0.717, 1.165) is 42.2 Å². The van der Waals surface area contributed by atoms with Crippen molar-refractivity contribution in [2.45, 2.75) is 98.4 Å². The van der Waals surface area contributed by atoms with E-state index in [0.29, 0.717) is 13.2 Å². The van der Waals surface area contributed by atoms with Crippen molar-refractivity contribution in [3.8, 4) is 5.75 Å². The van der Waals surface area contributed by atoms with E-state index >= 15 is 0 Å². The number of esters is 2. The molecule has 1 fully saturated rings. The van der Waals surface area contributed by atoms with Crippen LogP contribution in [0.3, 0.4) is 0 Å². The molecule has 210 valence electrons. The zero-order chi connectivity index (χ0) is 28.1. The van der Waals surface area contributed by atoms with Gasteiger partial charge in [0, 0.05) is 37.4 Å². The zero-order valence-corrected chi connectivity index (χ0v) is 24.9. The number of rotatable bonds is 10. The van der Waals surface area contributed by atoms with Crippen molar-refractivity contribution >= 4 is 17.6 Å². The van der Waals surface area contributed by atoms with E-state index in [1.807, 2.05) is 41.5 Å². The number of ether oxygens (including phenoxy) is 3. The van der Waals surface area contributed by atoms with Gasteiger partial charge in [-0.2, -0.15) is 0 Å². The Morgan fingerprint density at radius 1 is 1.08 bits per heavy atom. The van der Waals surface area contributed by atoms with Gasteiger partial charge in [0.15, 0.2) is 0 Å². The van der Waals surface area contributed by atoms with Crippen molar-refractivity contribution < 1.29 is 23.8 Å². The number of aryl methyl sites for hydroxylation is 1. The number of methoxy groups -OCH3 is 1. The maximum atomic E-state index is 12.4. The molecule has 0 bridgehead atoms. The van der Waals surface area contributed by atoms with Crippen molar-refractivity contribution in [2.24, 2.45) is 0 Å². The largest absolute Gasteiger partial charge is 0.492 e. The van der Waals surface area contributed by atoms with Crippen LogP contribution in [-0.4, -0.2) is 84.9 Å². The molecule has 0 radical (unpaired) electrons. The maximum Gasteiger partial charge on any atom is 0.330 e. The molecule has 2 rings (SSSR count). The van der Waals surface area contributed by atoms with E-state index in [4.69, 9.17) is 14.2 Å². The molecule has 8 nitrogen and oxygen atoms in total. The van der Waals surface area contributed by atoms with E-state index in [1.54, 1.807) is 0 Å². The van der Waals surface area contributed by atoms with Crippen molar-refractivity contribution in [1.82, 2.24) is 9.80 Å². The molecule has 1 aromatic carbocycles. The molecule has 0 saturated carbocycles. The van der Waals surface area contributed by atoms with E-state index in [1.165, 1.54) is 7.11 Å². The first-order chi connectivity index (χ1) is 17.0. The Labute approximate surface area is 224 Å². The lowest BCUT2D eigenvalue weighted by atomic mass is 9.97. The summed E-state index contributed by atoms with van der Waals surface area (Å²) in [6.07, 6.45) is 0. The Morgan fingerprint density at radius 2 is 1.68 bits per heavy atom. The van der Waals surface area contributed by atoms with E-state index < -0.39 is 11.1 Å². The van der Waals surface area contributed by atoms with Crippen LogP contribution in [0.15, 0.2) is 12.1 Å². The van der Waals surface area contributed by atoms with Gasteiger partial charge in [-0.25, -0.2) is 4.79 Å². The van der Waals surface area contributed by atoms with Gasteiger partial charge >= 0.3 is 11.9 Å². The van der Waals surface area contributed by atoms with Gasteiger partial charge in [-0.3, -0.25) is 14.6 Å². The Bertz CT molecular complexity index is 926. The van der Waals surface area contributed by atoms with Crippen LogP contribution in [-0.2, 0) is 19.1 Å². The normalized spacial score (nSPS) is 19.6. The van der Waals surface area contributed by atoms with Crippen LogP contribution in [0, 0.1) is 6.92 Å². The fourth-order valence-electron chi connectivity index (χ4n) is 4.82. The first kappa shape index (κ1) is 30.9. The number of carbonyl (C=O) groups excluding carboxylic acids is 2. The number of piperazine rings is 1. The molecule has 2 atom stereocenters. The smallest absolute Gasteiger partial charge is 0.330 e. The van der Waals surface area contributed by atoms with Crippen LogP contribution in [0.1, 0.15) is 79.4 Å². The van der Waals surface area contributed by atoms with Gasteiger partial charge in [-0.15, -0.1) is 0 Å². The maximum absolute atomic E-state index is 12.4. The summed E-state index contributed by atoms with van der Waals surface area (Å²) in [6.45, 7) is 23.4. The fourth-order valence-corrected chi connectivity index (χ4v) is 4.82. The fraction of sp³-hybridized carbons (Fsp3) is 0.724. The predicted octanol–water partition coefficient (Wildman–Crippen LogP) is 4.60. The van der Waals surface area contributed by atoms with Gasteiger partial charge in [0.1, 0.15) is 23.5 Å². The second-order valence-electron chi connectivity index (χ2n) is 12.2. The molecule has 0 aliphatic carbocycles. The quantitative estimate of drug-likeness (QED) is 0.450. The molecule has 1 aromatic rings. The second kappa shape index (κ2) is 12.5. The number of nitrogens with one attached hydrogen (secondary N) is 1. The lowest BCUT2D eigenvalue weighted by molar-refractivity contribution is -0.158. The summed E-state index contributed by atoms with van der Waals surface area (Å²) in [7, 11) is 1.40. The summed E-state index contributed by atoms with van der Waals surface area (Å²) < 4.78 is 16.8. The Kier molecular flexibility index (Phi) is 10.4. The van der Waals surface area contributed by atoms with Gasteiger partial charge in [0.2, 0.25) is 0 Å². The van der Waals surface area contributed by atoms with Crippen molar-refractivity contribution in [3.63, 3.8) is 0 Å². The summed E-state index contributed by atoms with van der Waals surface area (Å²) in [4.78, 5) is 29.2. The summed E-state index contributed by atoms with van der Waals surface area (Å²) in [5, 5.41) is 3.33. The minimum Gasteiger partial charge on any atom is -0.492 e. The first-order valence-electron chi connectivity index (χ1n) is 13.4. The molecular formula is C29H49N3O5. The van der Waals surface area contributed by atoms with Crippen molar-refractivity contribution in [1.29, 1.82) is 0 Å². The predicted molar refractivity (Wildman–Crippen MR) is 148 cm³/mol. The number of nitrogens with zero attached hydrogens (tertiary/aromatic N) is 2. The summed E-state index contributed by atoms with van der Waals surface area (Å²) in [5.41, 5.74) is 1.69. The highest BCUT2D eigenvalue weighted by Crippen LogP contribution is 2.33. The monoisotopic (exact) mass is 519 g/mol. The van der Waals surface area contributed by atoms with E-state index in [-0.39, 0.29) is 29.9 Å². The standard InChI is InChI=1S/C29H49N3O5/c1-19(2)23-15-24(30-29(9,10)27(34)35-11)20(3)14-25(23)36-13-12-31-16-21(4)32(22(5)17-31)18-26(33)37-28(6,7)8/h14-15,19,21-22,30H,12-13,16-18H2,1-11H3/t21-,22+. The Morgan fingerprint density at radius 3 is 2.19 bits per heavy atom. The topological polar surface area (TPSA) is 80.3 Å². The molecule has 0 amide bonds. The zero-order valence-electron chi connectivity index (χ0n) is 24.9. The molecule has 0 spiro atoms. The molecule has 8 heteroatoms. The van der Waals surface area contributed by atoms with Crippen LogP contribution >= 0.6 is 0 Å².